The third-order valence-electron chi connectivity index (χ3n) is 6.82. The van der Waals surface area contributed by atoms with E-state index in [-0.39, 0.29) is 5.91 Å². The van der Waals surface area contributed by atoms with Crippen molar-refractivity contribution >= 4 is 17.6 Å². The number of aliphatic carboxylic acids is 1. The number of benzene rings is 1. The largest absolute Gasteiger partial charge is 0.491 e. The number of nitrogens with one attached hydrogen (secondary N) is 1. The molecule has 1 aliphatic rings. The van der Waals surface area contributed by atoms with E-state index in [1.54, 1.807) is 0 Å². The monoisotopic (exact) mass is 459 g/mol. The molecular formula is C28H45NO4. The number of carbonyl (C=O) groups is 2. The first-order valence-electron chi connectivity index (χ1n) is 13.4. The number of amides is 1. The van der Waals surface area contributed by atoms with Crippen LogP contribution in [-0.4, -0.2) is 23.6 Å². The SMILES string of the molecule is CCCCCCCCCCCCCCOc1ccccc1NC(=O)C1CCCCC1C(=O)O. The molecule has 0 aromatic heterocycles. The summed E-state index contributed by atoms with van der Waals surface area (Å²) in [5.41, 5.74) is 0.635. The number of rotatable bonds is 17. The molecule has 1 aromatic carbocycles. The van der Waals surface area contributed by atoms with E-state index in [2.05, 4.69) is 12.2 Å². The van der Waals surface area contributed by atoms with Gasteiger partial charge >= 0.3 is 5.97 Å². The number of para-hydroxylation sites is 2. The number of ether oxygens (including phenoxy) is 1. The maximum Gasteiger partial charge on any atom is 0.307 e. The number of anilines is 1. The summed E-state index contributed by atoms with van der Waals surface area (Å²) in [6.45, 7) is 2.89. The van der Waals surface area contributed by atoms with Gasteiger partial charge in [-0.05, 0) is 31.4 Å². The third-order valence-corrected chi connectivity index (χ3v) is 6.82. The number of hydrogen-bond acceptors (Lipinski definition) is 3. The second-order valence-corrected chi connectivity index (χ2v) is 9.56. The van der Waals surface area contributed by atoms with Crippen molar-refractivity contribution in [1.29, 1.82) is 0 Å². The Hall–Kier alpha value is -2.04. The predicted octanol–water partition coefficient (Wildman–Crippen LogP) is 7.60. The Labute approximate surface area is 200 Å². The molecule has 186 valence electrons. The average Bonchev–Trinajstić information content (AvgIpc) is 2.83. The summed E-state index contributed by atoms with van der Waals surface area (Å²) < 4.78 is 5.96. The van der Waals surface area contributed by atoms with Crippen LogP contribution in [0, 0.1) is 11.8 Å². The molecular weight excluding hydrogens is 414 g/mol. The minimum Gasteiger partial charge on any atom is -0.491 e. The summed E-state index contributed by atoms with van der Waals surface area (Å²) in [5, 5.41) is 12.4. The summed E-state index contributed by atoms with van der Waals surface area (Å²) in [7, 11) is 0. The molecule has 1 fully saturated rings. The van der Waals surface area contributed by atoms with Gasteiger partial charge in [-0.2, -0.15) is 0 Å². The molecule has 0 radical (unpaired) electrons. The van der Waals surface area contributed by atoms with Crippen molar-refractivity contribution in [3.63, 3.8) is 0 Å². The van der Waals surface area contributed by atoms with Gasteiger partial charge in [0.1, 0.15) is 5.75 Å². The van der Waals surface area contributed by atoms with Gasteiger partial charge in [-0.3, -0.25) is 9.59 Å². The Morgan fingerprint density at radius 3 is 2.00 bits per heavy atom. The Kier molecular flexibility index (Phi) is 13.6. The molecule has 2 rings (SSSR count). The first-order chi connectivity index (χ1) is 16.1. The predicted molar refractivity (Wildman–Crippen MR) is 135 cm³/mol. The standard InChI is InChI=1S/C28H45NO4/c1-2-3-4-5-6-7-8-9-10-11-12-17-22-33-26-21-16-15-20-25(26)29-27(30)23-18-13-14-19-24(23)28(31)32/h15-16,20-21,23-24H,2-14,17-19,22H2,1H3,(H,29,30)(H,31,32). The van der Waals surface area contributed by atoms with Gasteiger partial charge in [0.05, 0.1) is 24.1 Å². The van der Waals surface area contributed by atoms with Crippen molar-refractivity contribution < 1.29 is 19.4 Å². The summed E-state index contributed by atoms with van der Waals surface area (Å²) >= 11 is 0. The van der Waals surface area contributed by atoms with E-state index >= 15 is 0 Å². The average molecular weight is 460 g/mol. The maximum atomic E-state index is 12.8. The van der Waals surface area contributed by atoms with E-state index in [1.165, 1.54) is 64.2 Å². The van der Waals surface area contributed by atoms with Crippen LogP contribution in [0.3, 0.4) is 0 Å². The number of carbonyl (C=O) groups excluding carboxylic acids is 1. The smallest absolute Gasteiger partial charge is 0.307 e. The fraction of sp³-hybridized carbons (Fsp3) is 0.714. The van der Waals surface area contributed by atoms with Gasteiger partial charge in [-0.25, -0.2) is 0 Å². The maximum absolute atomic E-state index is 12.8. The van der Waals surface area contributed by atoms with Crippen LogP contribution >= 0.6 is 0 Å². The molecule has 5 heteroatoms. The van der Waals surface area contributed by atoms with Crippen LogP contribution in [0.15, 0.2) is 24.3 Å². The number of carboxylic acids is 1. The zero-order valence-electron chi connectivity index (χ0n) is 20.7. The van der Waals surface area contributed by atoms with Gasteiger partial charge in [-0.1, -0.05) is 103 Å². The first-order valence-corrected chi connectivity index (χ1v) is 13.4. The van der Waals surface area contributed by atoms with Crippen LogP contribution in [-0.2, 0) is 9.59 Å². The van der Waals surface area contributed by atoms with Crippen LogP contribution < -0.4 is 10.1 Å². The summed E-state index contributed by atoms with van der Waals surface area (Å²) in [5.74, 6) is -1.47. The number of carboxylic acid groups (broad SMARTS) is 1. The lowest BCUT2D eigenvalue weighted by Gasteiger charge is -2.27. The highest BCUT2D eigenvalue weighted by Crippen LogP contribution is 2.32. The van der Waals surface area contributed by atoms with Gasteiger partial charge in [0.2, 0.25) is 5.91 Å². The van der Waals surface area contributed by atoms with E-state index in [0.717, 1.165) is 25.7 Å². The van der Waals surface area contributed by atoms with Gasteiger partial charge in [0.15, 0.2) is 0 Å². The molecule has 0 heterocycles. The minimum atomic E-state index is -0.869. The van der Waals surface area contributed by atoms with Crippen molar-refractivity contribution in [3.8, 4) is 5.75 Å². The molecule has 1 aliphatic carbocycles. The molecule has 2 unspecified atom stereocenters. The Morgan fingerprint density at radius 2 is 1.39 bits per heavy atom. The van der Waals surface area contributed by atoms with Crippen molar-refractivity contribution in [3.05, 3.63) is 24.3 Å². The minimum absolute atomic E-state index is 0.205. The summed E-state index contributed by atoms with van der Waals surface area (Å²) in [6.07, 6.45) is 18.6. The Morgan fingerprint density at radius 1 is 0.848 bits per heavy atom. The van der Waals surface area contributed by atoms with Crippen molar-refractivity contribution in [2.45, 2.75) is 110 Å². The van der Waals surface area contributed by atoms with Crippen LogP contribution in [0.4, 0.5) is 5.69 Å². The number of unbranched alkanes of at least 4 members (excludes halogenated alkanes) is 11. The molecule has 2 N–H and O–H groups in total. The van der Waals surface area contributed by atoms with E-state index in [1.807, 2.05) is 24.3 Å². The summed E-state index contributed by atoms with van der Waals surface area (Å²) in [6, 6.07) is 7.45. The Balaban J connectivity index is 1.62. The van der Waals surface area contributed by atoms with Crippen molar-refractivity contribution in [2.24, 2.45) is 11.8 Å². The first kappa shape index (κ1) is 27.2. The van der Waals surface area contributed by atoms with Crippen molar-refractivity contribution in [2.75, 3.05) is 11.9 Å². The lowest BCUT2D eigenvalue weighted by molar-refractivity contribution is -0.147. The highest BCUT2D eigenvalue weighted by Gasteiger charge is 2.35. The molecule has 0 bridgehead atoms. The van der Waals surface area contributed by atoms with Crippen LogP contribution in [0.1, 0.15) is 110 Å². The third kappa shape index (κ3) is 10.6. The fourth-order valence-corrected chi connectivity index (χ4v) is 4.79. The fourth-order valence-electron chi connectivity index (χ4n) is 4.79. The second kappa shape index (κ2) is 16.6. The summed E-state index contributed by atoms with van der Waals surface area (Å²) in [4.78, 5) is 24.3. The van der Waals surface area contributed by atoms with Crippen LogP contribution in [0.2, 0.25) is 0 Å². The lowest BCUT2D eigenvalue weighted by atomic mass is 9.78. The van der Waals surface area contributed by atoms with Gasteiger partial charge < -0.3 is 15.2 Å². The lowest BCUT2D eigenvalue weighted by Crippen LogP contribution is -2.36. The molecule has 0 spiro atoms. The quantitative estimate of drug-likeness (QED) is 0.235. The van der Waals surface area contributed by atoms with Gasteiger partial charge in [0, 0.05) is 0 Å². The molecule has 33 heavy (non-hydrogen) atoms. The molecule has 1 amide bonds. The second-order valence-electron chi connectivity index (χ2n) is 9.56. The highest BCUT2D eigenvalue weighted by atomic mass is 16.5. The molecule has 1 saturated carbocycles. The van der Waals surface area contributed by atoms with E-state index in [0.29, 0.717) is 30.9 Å². The Bertz CT molecular complexity index is 690. The zero-order chi connectivity index (χ0) is 23.7. The topological polar surface area (TPSA) is 75.6 Å². The van der Waals surface area contributed by atoms with E-state index in [4.69, 9.17) is 4.74 Å². The number of hydrogen-bond donors (Lipinski definition) is 2. The normalized spacial score (nSPS) is 18.1. The molecule has 0 aliphatic heterocycles. The molecule has 1 aromatic rings. The van der Waals surface area contributed by atoms with E-state index < -0.39 is 17.8 Å². The highest BCUT2D eigenvalue weighted by molar-refractivity contribution is 5.96. The van der Waals surface area contributed by atoms with Crippen LogP contribution in [0.5, 0.6) is 5.75 Å². The van der Waals surface area contributed by atoms with Crippen LogP contribution in [0.25, 0.3) is 0 Å². The van der Waals surface area contributed by atoms with Crippen molar-refractivity contribution in [1.82, 2.24) is 0 Å². The molecule has 0 saturated heterocycles. The molecule has 2 atom stereocenters. The zero-order valence-corrected chi connectivity index (χ0v) is 20.7. The molecule has 5 nitrogen and oxygen atoms in total. The van der Waals surface area contributed by atoms with E-state index in [9.17, 15) is 14.7 Å². The van der Waals surface area contributed by atoms with Gasteiger partial charge in [0.25, 0.3) is 0 Å². The van der Waals surface area contributed by atoms with Gasteiger partial charge in [-0.15, -0.1) is 0 Å².